The highest BCUT2D eigenvalue weighted by atomic mass is 16.5. The first-order chi connectivity index (χ1) is 38.3. The van der Waals surface area contributed by atoms with Gasteiger partial charge in [0.25, 0.3) is 0 Å². The number of nitrogens with one attached hydrogen (secondary N) is 2. The molecule has 3 fully saturated rings. The molecule has 2 amide bonds. The number of hydrogen-bond acceptors (Lipinski definition) is 10. The number of piperidine rings is 2. The van der Waals surface area contributed by atoms with E-state index in [1.165, 1.54) is 24.0 Å². The Morgan fingerprint density at radius 1 is 0.500 bits per heavy atom. The smallest absolute Gasteiger partial charge is 0.227 e. The standard InChI is InChI=1S/C33H41N3O3.C33H43N3O3/c1-38-31-14-5-6-15-32(31)39-29-13-9-10-26(24-29)25-36-21-16-28(17-22-36)34-33(37)30(27-11-3-2-4-12-27)18-23-35-19-7-8-20-35;1-4-35(5-2)23-20-30(27-13-7-6-8-14-27)33(37)34-28-18-21-36(22-19-28)25-26-12-11-15-29(24-26)39-32-17-10-9-16-31(32)38-3/h2-6,9-15,24,28,30H,7-8,16-23,25H2,1H3,(H,34,37);6-17,24,28,30H,4-5,18-23,25H2,1-3H3,(H,34,37). The van der Waals surface area contributed by atoms with E-state index in [0.29, 0.717) is 11.5 Å². The average Bonchev–Trinajstić information content (AvgIpc) is 4.01. The molecule has 6 aromatic rings. The van der Waals surface area contributed by atoms with E-state index in [9.17, 15) is 9.59 Å². The van der Waals surface area contributed by atoms with Crippen LogP contribution in [0.5, 0.6) is 34.5 Å². The molecule has 0 spiro atoms. The molecule has 9 rings (SSSR count). The minimum atomic E-state index is -0.115. The van der Waals surface area contributed by atoms with Crippen LogP contribution in [0.15, 0.2) is 158 Å². The molecule has 0 radical (unpaired) electrons. The van der Waals surface area contributed by atoms with E-state index in [0.717, 1.165) is 151 Å². The summed E-state index contributed by atoms with van der Waals surface area (Å²) in [5.74, 6) is 4.60. The first-order valence-corrected chi connectivity index (χ1v) is 28.7. The molecule has 2 N–H and O–H groups in total. The van der Waals surface area contributed by atoms with E-state index < -0.39 is 0 Å². The summed E-state index contributed by atoms with van der Waals surface area (Å²) in [7, 11) is 3.31. The number of hydrogen-bond donors (Lipinski definition) is 2. The lowest BCUT2D eigenvalue weighted by Crippen LogP contribution is -2.46. The molecule has 0 aliphatic carbocycles. The molecule has 414 valence electrons. The SMILES string of the molecule is CCN(CC)CCC(C(=O)NC1CCN(Cc2cccc(Oc3ccccc3OC)c2)CC1)c1ccccc1.COc1ccccc1Oc1cccc(CN2CCC(NC(=O)C(CCN3CCCC3)c3ccccc3)CC2)c1. The molecule has 2 atom stereocenters. The zero-order valence-corrected chi connectivity index (χ0v) is 46.7. The van der Waals surface area contributed by atoms with Crippen molar-refractivity contribution in [3.63, 3.8) is 0 Å². The van der Waals surface area contributed by atoms with E-state index in [4.69, 9.17) is 18.9 Å². The minimum Gasteiger partial charge on any atom is -0.493 e. The van der Waals surface area contributed by atoms with Crippen molar-refractivity contribution >= 4 is 11.8 Å². The third kappa shape index (κ3) is 17.4. The van der Waals surface area contributed by atoms with Crippen LogP contribution in [0.1, 0.15) is 99.3 Å². The van der Waals surface area contributed by atoms with Gasteiger partial charge in [-0.25, -0.2) is 0 Å². The monoisotopic (exact) mass is 1060 g/mol. The van der Waals surface area contributed by atoms with Gasteiger partial charge in [-0.05, 0) is 161 Å². The summed E-state index contributed by atoms with van der Waals surface area (Å²) in [6, 6.07) is 52.9. The number of nitrogens with zero attached hydrogens (tertiary/aromatic N) is 4. The maximum Gasteiger partial charge on any atom is 0.227 e. The number of likely N-dealkylation sites (tertiary alicyclic amines) is 3. The topological polar surface area (TPSA) is 108 Å². The highest BCUT2D eigenvalue weighted by molar-refractivity contribution is 5.84. The van der Waals surface area contributed by atoms with Gasteiger partial charge in [0.2, 0.25) is 11.8 Å². The molecule has 3 aliphatic rings. The van der Waals surface area contributed by atoms with Gasteiger partial charge in [-0.3, -0.25) is 19.4 Å². The quantitative estimate of drug-likeness (QED) is 0.0608. The van der Waals surface area contributed by atoms with Crippen molar-refractivity contribution in [2.75, 3.05) is 79.7 Å². The predicted molar refractivity (Wildman–Crippen MR) is 313 cm³/mol. The second-order valence-electron chi connectivity index (χ2n) is 21.0. The first-order valence-electron chi connectivity index (χ1n) is 28.7. The Labute approximate surface area is 465 Å². The third-order valence-corrected chi connectivity index (χ3v) is 15.7. The molecule has 0 saturated carbocycles. The zero-order chi connectivity index (χ0) is 54.3. The Morgan fingerprint density at radius 2 is 0.910 bits per heavy atom. The highest BCUT2D eigenvalue weighted by Crippen LogP contribution is 2.33. The number of carbonyl (C=O) groups is 2. The number of carbonyl (C=O) groups excluding carboxylic acids is 2. The molecular formula is C66H84N6O6. The van der Waals surface area contributed by atoms with Crippen LogP contribution >= 0.6 is 0 Å². The number of methoxy groups -OCH3 is 2. The van der Waals surface area contributed by atoms with Gasteiger partial charge >= 0.3 is 0 Å². The van der Waals surface area contributed by atoms with Crippen molar-refractivity contribution in [1.82, 2.24) is 30.2 Å². The van der Waals surface area contributed by atoms with Crippen molar-refractivity contribution in [1.29, 1.82) is 0 Å². The molecule has 2 unspecified atom stereocenters. The van der Waals surface area contributed by atoms with E-state index >= 15 is 0 Å². The van der Waals surface area contributed by atoms with Gasteiger partial charge in [-0.2, -0.15) is 0 Å². The maximum atomic E-state index is 13.5. The fraction of sp³-hybridized carbons (Fsp3) is 0.424. The van der Waals surface area contributed by atoms with Gasteiger partial charge in [0, 0.05) is 51.4 Å². The largest absolute Gasteiger partial charge is 0.493 e. The molecule has 3 heterocycles. The molecule has 0 bridgehead atoms. The lowest BCUT2D eigenvalue weighted by atomic mass is 9.93. The number of para-hydroxylation sites is 4. The van der Waals surface area contributed by atoms with E-state index in [1.807, 2.05) is 109 Å². The number of ether oxygens (including phenoxy) is 4. The second-order valence-corrected chi connectivity index (χ2v) is 21.0. The fourth-order valence-corrected chi connectivity index (χ4v) is 11.1. The Balaban J connectivity index is 0.000000206. The fourth-order valence-electron chi connectivity index (χ4n) is 11.1. The Morgan fingerprint density at radius 3 is 1.33 bits per heavy atom. The van der Waals surface area contributed by atoms with Crippen LogP contribution in [0.2, 0.25) is 0 Å². The van der Waals surface area contributed by atoms with Crippen molar-refractivity contribution in [2.45, 2.75) is 102 Å². The van der Waals surface area contributed by atoms with Crippen molar-refractivity contribution in [3.8, 4) is 34.5 Å². The summed E-state index contributed by atoms with van der Waals surface area (Å²) in [6.45, 7) is 16.2. The Bertz CT molecular complexity index is 2540. The van der Waals surface area contributed by atoms with Crippen molar-refractivity contribution in [3.05, 3.63) is 180 Å². The molecule has 3 saturated heterocycles. The third-order valence-electron chi connectivity index (χ3n) is 15.7. The van der Waals surface area contributed by atoms with E-state index in [1.54, 1.807) is 14.2 Å². The first kappa shape index (κ1) is 57.5. The number of amides is 2. The van der Waals surface area contributed by atoms with Gasteiger partial charge in [0.05, 0.1) is 26.1 Å². The number of benzene rings is 6. The van der Waals surface area contributed by atoms with Crippen LogP contribution in [-0.2, 0) is 22.7 Å². The molecule has 12 nitrogen and oxygen atoms in total. The Kier molecular flexibility index (Phi) is 22.4. The van der Waals surface area contributed by atoms with Gasteiger partial charge in [-0.1, -0.05) is 123 Å². The average molecular weight is 1060 g/mol. The summed E-state index contributed by atoms with van der Waals surface area (Å²) in [5, 5.41) is 6.80. The van der Waals surface area contributed by atoms with Gasteiger partial charge in [0.1, 0.15) is 11.5 Å². The summed E-state index contributed by atoms with van der Waals surface area (Å²) in [4.78, 5) is 36.7. The zero-order valence-electron chi connectivity index (χ0n) is 46.7. The summed E-state index contributed by atoms with van der Waals surface area (Å²) >= 11 is 0. The summed E-state index contributed by atoms with van der Waals surface area (Å²) < 4.78 is 23.0. The normalized spacial score (nSPS) is 16.4. The molecule has 6 aromatic carbocycles. The van der Waals surface area contributed by atoms with Crippen LogP contribution in [-0.4, -0.2) is 123 Å². The maximum absolute atomic E-state index is 13.5. The molecular weight excluding hydrogens is 973 g/mol. The van der Waals surface area contributed by atoms with Crippen molar-refractivity contribution < 1.29 is 28.5 Å². The van der Waals surface area contributed by atoms with Crippen LogP contribution in [0.3, 0.4) is 0 Å². The van der Waals surface area contributed by atoms with Gasteiger partial charge < -0.3 is 39.4 Å². The van der Waals surface area contributed by atoms with E-state index in [-0.39, 0.29) is 35.7 Å². The van der Waals surface area contributed by atoms with Crippen LogP contribution in [0.4, 0.5) is 0 Å². The van der Waals surface area contributed by atoms with Crippen LogP contribution in [0, 0.1) is 0 Å². The molecule has 12 heteroatoms. The summed E-state index contributed by atoms with van der Waals surface area (Å²) in [5.41, 5.74) is 4.66. The molecule has 78 heavy (non-hydrogen) atoms. The second kappa shape index (κ2) is 30.4. The Hall–Kier alpha value is -6.70. The lowest BCUT2D eigenvalue weighted by Gasteiger charge is -2.33. The lowest BCUT2D eigenvalue weighted by molar-refractivity contribution is -0.124. The molecule has 0 aromatic heterocycles. The minimum absolute atomic E-state index is 0.0872. The van der Waals surface area contributed by atoms with Crippen LogP contribution < -0.4 is 29.6 Å². The van der Waals surface area contributed by atoms with Gasteiger partial charge in [0.15, 0.2) is 23.0 Å². The summed E-state index contributed by atoms with van der Waals surface area (Å²) in [6.07, 6.45) is 8.13. The number of rotatable bonds is 24. The van der Waals surface area contributed by atoms with Gasteiger partial charge in [-0.15, -0.1) is 0 Å². The van der Waals surface area contributed by atoms with E-state index in [2.05, 4.69) is 92.6 Å². The predicted octanol–water partition coefficient (Wildman–Crippen LogP) is 11.9. The highest BCUT2D eigenvalue weighted by Gasteiger charge is 2.29. The van der Waals surface area contributed by atoms with Crippen LogP contribution in [0.25, 0.3) is 0 Å². The van der Waals surface area contributed by atoms with Crippen molar-refractivity contribution in [2.24, 2.45) is 0 Å². The molecule has 3 aliphatic heterocycles.